The van der Waals surface area contributed by atoms with E-state index in [4.69, 9.17) is 11.6 Å². The summed E-state index contributed by atoms with van der Waals surface area (Å²) in [7, 11) is 0. The number of carbonyl (C=O) groups is 3. The average Bonchev–Trinajstić information content (AvgIpc) is 2.86. The Morgan fingerprint density at radius 3 is 2.54 bits per heavy atom. The van der Waals surface area contributed by atoms with Gasteiger partial charge in [0.1, 0.15) is 12.2 Å². The molecule has 0 radical (unpaired) electrons. The van der Waals surface area contributed by atoms with E-state index in [0.717, 1.165) is 16.0 Å². The Kier molecular flexibility index (Phi) is 5.04. The lowest BCUT2D eigenvalue weighted by Crippen LogP contribution is -2.38. The number of benzene rings is 2. The average molecular weight is 370 g/mol. The lowest BCUT2D eigenvalue weighted by Gasteiger charge is -2.12. The first kappa shape index (κ1) is 17.7. The maximum atomic E-state index is 12.4. The van der Waals surface area contributed by atoms with E-state index in [9.17, 15) is 14.4 Å². The molecular formula is C19H16ClN3O3. The summed E-state index contributed by atoms with van der Waals surface area (Å²) >= 11 is 5.79. The van der Waals surface area contributed by atoms with Gasteiger partial charge in [-0.3, -0.25) is 9.59 Å². The van der Waals surface area contributed by atoms with E-state index >= 15 is 0 Å². The zero-order valence-corrected chi connectivity index (χ0v) is 14.7. The van der Waals surface area contributed by atoms with Crippen LogP contribution in [0.25, 0.3) is 6.08 Å². The highest BCUT2D eigenvalue weighted by Gasteiger charge is 2.34. The molecule has 0 bridgehead atoms. The minimum absolute atomic E-state index is 0.142. The monoisotopic (exact) mass is 369 g/mol. The fourth-order valence-electron chi connectivity index (χ4n) is 2.50. The zero-order valence-electron chi connectivity index (χ0n) is 14.0. The van der Waals surface area contributed by atoms with Crippen LogP contribution in [0.3, 0.4) is 0 Å². The molecule has 7 heteroatoms. The summed E-state index contributed by atoms with van der Waals surface area (Å²) in [6, 6.07) is 13.4. The zero-order chi connectivity index (χ0) is 18.7. The first-order valence-corrected chi connectivity index (χ1v) is 8.27. The molecule has 1 fully saturated rings. The number of nitrogens with zero attached hydrogens (tertiary/aromatic N) is 1. The van der Waals surface area contributed by atoms with Gasteiger partial charge in [0.05, 0.1) is 0 Å². The van der Waals surface area contributed by atoms with Crippen molar-refractivity contribution in [1.29, 1.82) is 0 Å². The van der Waals surface area contributed by atoms with Crippen LogP contribution in [0.5, 0.6) is 0 Å². The van der Waals surface area contributed by atoms with Gasteiger partial charge in [0.2, 0.25) is 5.91 Å². The van der Waals surface area contributed by atoms with Crippen molar-refractivity contribution in [2.75, 3.05) is 11.9 Å². The van der Waals surface area contributed by atoms with Gasteiger partial charge in [-0.2, -0.15) is 0 Å². The van der Waals surface area contributed by atoms with Crippen LogP contribution in [-0.4, -0.2) is 29.3 Å². The van der Waals surface area contributed by atoms with Crippen LogP contribution < -0.4 is 10.6 Å². The molecule has 6 nitrogen and oxygen atoms in total. The van der Waals surface area contributed by atoms with E-state index in [1.165, 1.54) is 0 Å². The second-order valence-electron chi connectivity index (χ2n) is 5.79. The van der Waals surface area contributed by atoms with Gasteiger partial charge in [-0.15, -0.1) is 0 Å². The van der Waals surface area contributed by atoms with Gasteiger partial charge >= 0.3 is 6.03 Å². The van der Waals surface area contributed by atoms with Gasteiger partial charge in [-0.1, -0.05) is 35.9 Å². The number of carbonyl (C=O) groups excluding carboxylic acids is 3. The van der Waals surface area contributed by atoms with Crippen molar-refractivity contribution in [3.05, 3.63) is 70.4 Å². The first-order valence-electron chi connectivity index (χ1n) is 7.89. The smallest absolute Gasteiger partial charge is 0.325 e. The largest absolute Gasteiger partial charge is 0.329 e. The molecule has 4 amide bonds. The molecule has 2 aromatic rings. The number of amides is 4. The Bertz CT molecular complexity index is 907. The molecule has 0 aromatic heterocycles. The van der Waals surface area contributed by atoms with Gasteiger partial charge in [0.15, 0.2) is 0 Å². The normalized spacial score (nSPS) is 15.3. The Morgan fingerprint density at radius 1 is 1.15 bits per heavy atom. The van der Waals surface area contributed by atoms with Crippen molar-refractivity contribution in [3.8, 4) is 0 Å². The number of nitrogens with one attached hydrogen (secondary N) is 2. The van der Waals surface area contributed by atoms with Gasteiger partial charge in [0.25, 0.3) is 5.91 Å². The van der Waals surface area contributed by atoms with Crippen LogP contribution in [0.2, 0.25) is 5.02 Å². The minimum Gasteiger partial charge on any atom is -0.325 e. The minimum atomic E-state index is -0.624. The molecule has 26 heavy (non-hydrogen) atoms. The van der Waals surface area contributed by atoms with E-state index in [0.29, 0.717) is 10.7 Å². The Balaban J connectivity index is 1.70. The fourth-order valence-corrected chi connectivity index (χ4v) is 2.62. The second-order valence-corrected chi connectivity index (χ2v) is 6.23. The molecule has 1 saturated heterocycles. The Hall–Kier alpha value is -3.12. The number of anilines is 1. The predicted octanol–water partition coefficient (Wildman–Crippen LogP) is 3.18. The summed E-state index contributed by atoms with van der Waals surface area (Å²) < 4.78 is 0. The van der Waals surface area contributed by atoms with Crippen LogP contribution >= 0.6 is 11.6 Å². The van der Waals surface area contributed by atoms with Crippen molar-refractivity contribution in [2.45, 2.75) is 6.92 Å². The summed E-state index contributed by atoms with van der Waals surface area (Å²) in [6.07, 6.45) is 1.60. The quantitative estimate of drug-likeness (QED) is 0.641. The van der Waals surface area contributed by atoms with Crippen LogP contribution in [0, 0.1) is 6.92 Å². The van der Waals surface area contributed by atoms with E-state index < -0.39 is 17.8 Å². The summed E-state index contributed by atoms with van der Waals surface area (Å²) in [5, 5.41) is 5.67. The Labute approximate surface area is 155 Å². The number of hydrogen-bond acceptors (Lipinski definition) is 3. The van der Waals surface area contributed by atoms with Gasteiger partial charge < -0.3 is 10.6 Å². The molecule has 2 N–H and O–H groups in total. The number of aryl methyl sites for hydroxylation is 1. The first-order chi connectivity index (χ1) is 12.4. The van der Waals surface area contributed by atoms with Gasteiger partial charge in [-0.25, -0.2) is 9.69 Å². The molecule has 0 unspecified atom stereocenters. The maximum Gasteiger partial charge on any atom is 0.329 e. The predicted molar refractivity (Wildman–Crippen MR) is 99.5 cm³/mol. The van der Waals surface area contributed by atoms with Crippen molar-refractivity contribution in [2.24, 2.45) is 0 Å². The lowest BCUT2D eigenvalue weighted by molar-refractivity contribution is -0.127. The van der Waals surface area contributed by atoms with Crippen LogP contribution in [0.1, 0.15) is 11.1 Å². The SMILES string of the molecule is Cc1ccccc1/C=C1\NC(=O)N(CC(=O)Nc2ccc(Cl)cc2)C1=O. The lowest BCUT2D eigenvalue weighted by atomic mass is 10.1. The number of hydrogen-bond donors (Lipinski definition) is 2. The maximum absolute atomic E-state index is 12.4. The van der Waals surface area contributed by atoms with E-state index in [-0.39, 0.29) is 12.2 Å². The number of halogens is 1. The molecule has 3 rings (SSSR count). The van der Waals surface area contributed by atoms with Crippen LogP contribution in [0.4, 0.5) is 10.5 Å². The topological polar surface area (TPSA) is 78.5 Å². The highest BCUT2D eigenvalue weighted by molar-refractivity contribution is 6.30. The molecule has 0 aliphatic carbocycles. The summed E-state index contributed by atoms with van der Waals surface area (Å²) in [6.45, 7) is 1.53. The molecule has 2 aromatic carbocycles. The van der Waals surface area contributed by atoms with Gasteiger partial charge in [-0.05, 0) is 48.4 Å². The molecule has 0 atom stereocenters. The van der Waals surface area contributed by atoms with Crippen molar-refractivity contribution < 1.29 is 14.4 Å². The fraction of sp³-hybridized carbons (Fsp3) is 0.105. The highest BCUT2D eigenvalue weighted by atomic mass is 35.5. The highest BCUT2D eigenvalue weighted by Crippen LogP contribution is 2.17. The summed E-state index contributed by atoms with van der Waals surface area (Å²) in [5.41, 5.74) is 2.47. The molecule has 1 heterocycles. The van der Waals surface area contributed by atoms with E-state index in [2.05, 4.69) is 10.6 Å². The molecular weight excluding hydrogens is 354 g/mol. The van der Waals surface area contributed by atoms with Crippen LogP contribution in [0.15, 0.2) is 54.2 Å². The second kappa shape index (κ2) is 7.41. The van der Waals surface area contributed by atoms with Crippen molar-refractivity contribution >= 4 is 41.2 Å². The van der Waals surface area contributed by atoms with Crippen molar-refractivity contribution in [1.82, 2.24) is 10.2 Å². The third-order valence-electron chi connectivity index (χ3n) is 3.88. The number of rotatable bonds is 4. The Morgan fingerprint density at radius 2 is 1.85 bits per heavy atom. The van der Waals surface area contributed by atoms with Gasteiger partial charge in [0, 0.05) is 10.7 Å². The summed E-state index contributed by atoms with van der Waals surface area (Å²) in [4.78, 5) is 37.5. The third-order valence-corrected chi connectivity index (χ3v) is 4.13. The number of imide groups is 1. The number of urea groups is 1. The molecule has 1 aliphatic rings. The molecule has 1 aliphatic heterocycles. The van der Waals surface area contributed by atoms with Crippen LogP contribution in [-0.2, 0) is 9.59 Å². The third kappa shape index (κ3) is 3.92. The summed E-state index contributed by atoms with van der Waals surface area (Å²) in [5.74, 6) is -1.02. The molecule has 0 spiro atoms. The standard InChI is InChI=1S/C19H16ClN3O3/c1-12-4-2-3-5-13(12)10-16-18(25)23(19(26)22-16)11-17(24)21-15-8-6-14(20)7-9-15/h2-10H,11H2,1H3,(H,21,24)(H,22,26)/b16-10-. The van der Waals surface area contributed by atoms with E-state index in [1.54, 1.807) is 30.3 Å². The molecule has 0 saturated carbocycles. The van der Waals surface area contributed by atoms with E-state index in [1.807, 2.05) is 31.2 Å². The van der Waals surface area contributed by atoms with Crippen molar-refractivity contribution in [3.63, 3.8) is 0 Å². The molecule has 132 valence electrons.